The highest BCUT2D eigenvalue weighted by molar-refractivity contribution is 14.1. The van der Waals surface area contributed by atoms with Gasteiger partial charge in [-0.25, -0.2) is 0 Å². The fourth-order valence-corrected chi connectivity index (χ4v) is 2.07. The number of aliphatic carboxylic acids is 1. The predicted octanol–water partition coefficient (Wildman–Crippen LogP) is 3.10. The number of carboxylic acids is 1. The number of carboxylic acid groups (broad SMARTS) is 1. The van der Waals surface area contributed by atoms with Gasteiger partial charge in [-0.05, 0) is 65.4 Å². The number of rotatable bonds is 4. The number of hydrogen-bond donors (Lipinski definition) is 1. The molecule has 4 heteroatoms. The Hall–Kier alpha value is -1.30. The Balaban J connectivity index is 2.24. The normalized spacial score (nSPS) is 10.4. The molecule has 0 saturated carbocycles. The van der Waals surface area contributed by atoms with Gasteiger partial charge in [-0.3, -0.25) is 4.79 Å². The van der Waals surface area contributed by atoms with E-state index < -0.39 is 5.97 Å². The van der Waals surface area contributed by atoms with Crippen LogP contribution in [0.2, 0.25) is 0 Å². The molecule has 1 aromatic carbocycles. The minimum Gasteiger partial charge on any atom is -0.481 e. The van der Waals surface area contributed by atoms with Crippen LogP contribution in [0.25, 0.3) is 5.69 Å². The molecule has 0 aliphatic heterocycles. The van der Waals surface area contributed by atoms with Gasteiger partial charge in [0, 0.05) is 21.1 Å². The number of hydrogen-bond acceptors (Lipinski definition) is 1. The summed E-state index contributed by atoms with van der Waals surface area (Å²) < 4.78 is 3.21. The topological polar surface area (TPSA) is 42.2 Å². The van der Waals surface area contributed by atoms with Crippen molar-refractivity contribution in [2.24, 2.45) is 0 Å². The van der Waals surface area contributed by atoms with Gasteiger partial charge in [-0.15, -0.1) is 0 Å². The quantitative estimate of drug-likeness (QED) is 0.869. The first kappa shape index (κ1) is 12.2. The largest absolute Gasteiger partial charge is 0.481 e. The number of aryl methyl sites for hydroxylation is 1. The molecule has 88 valence electrons. The van der Waals surface area contributed by atoms with E-state index in [2.05, 4.69) is 22.6 Å². The zero-order valence-corrected chi connectivity index (χ0v) is 11.3. The maximum atomic E-state index is 10.6. The second-order valence-corrected chi connectivity index (χ2v) is 4.99. The monoisotopic (exact) mass is 341 g/mol. The molecule has 0 aliphatic carbocycles. The Labute approximate surface area is 113 Å². The first-order valence-electron chi connectivity index (χ1n) is 5.31. The standard InChI is InChI=1S/C13H12INO2/c14-10-3-5-12(6-4-10)15-9-1-2-11(15)7-8-13(16)17/h1-6,9H,7-8H2,(H,16,17). The number of benzene rings is 1. The lowest BCUT2D eigenvalue weighted by molar-refractivity contribution is -0.136. The Morgan fingerprint density at radius 2 is 1.94 bits per heavy atom. The Morgan fingerprint density at radius 1 is 1.24 bits per heavy atom. The second kappa shape index (κ2) is 5.35. The van der Waals surface area contributed by atoms with Crippen LogP contribution in [0.4, 0.5) is 0 Å². The molecule has 3 nitrogen and oxygen atoms in total. The second-order valence-electron chi connectivity index (χ2n) is 3.74. The predicted molar refractivity (Wildman–Crippen MR) is 74.4 cm³/mol. The molecule has 0 spiro atoms. The average molecular weight is 341 g/mol. The summed E-state index contributed by atoms with van der Waals surface area (Å²) in [5, 5.41) is 8.70. The molecule has 2 aromatic rings. The van der Waals surface area contributed by atoms with Crippen molar-refractivity contribution < 1.29 is 9.90 Å². The van der Waals surface area contributed by atoms with Gasteiger partial charge in [0.15, 0.2) is 0 Å². The number of halogens is 1. The van der Waals surface area contributed by atoms with Crippen LogP contribution in [-0.4, -0.2) is 15.6 Å². The maximum absolute atomic E-state index is 10.6. The minimum atomic E-state index is -0.764. The Bertz CT molecular complexity index is 516. The molecule has 17 heavy (non-hydrogen) atoms. The Kier molecular flexibility index (Phi) is 3.83. The van der Waals surface area contributed by atoms with Crippen LogP contribution in [0.1, 0.15) is 12.1 Å². The molecule has 0 bridgehead atoms. The number of carbonyl (C=O) groups is 1. The molecule has 1 aromatic heterocycles. The van der Waals surface area contributed by atoms with Gasteiger partial charge in [-0.1, -0.05) is 0 Å². The van der Waals surface area contributed by atoms with Crippen molar-refractivity contribution in [2.45, 2.75) is 12.8 Å². The fraction of sp³-hybridized carbons (Fsp3) is 0.154. The molecule has 0 radical (unpaired) electrons. The van der Waals surface area contributed by atoms with Crippen LogP contribution in [0.3, 0.4) is 0 Å². The van der Waals surface area contributed by atoms with Gasteiger partial charge >= 0.3 is 5.97 Å². The van der Waals surface area contributed by atoms with E-state index in [9.17, 15) is 4.79 Å². The molecule has 1 heterocycles. The summed E-state index contributed by atoms with van der Waals surface area (Å²) in [7, 11) is 0. The van der Waals surface area contributed by atoms with Crippen LogP contribution >= 0.6 is 22.6 Å². The third-order valence-electron chi connectivity index (χ3n) is 2.53. The van der Waals surface area contributed by atoms with Crippen molar-refractivity contribution >= 4 is 28.6 Å². The highest BCUT2D eigenvalue weighted by atomic mass is 127. The van der Waals surface area contributed by atoms with Crippen molar-refractivity contribution in [3.05, 3.63) is 51.9 Å². The minimum absolute atomic E-state index is 0.161. The van der Waals surface area contributed by atoms with Crippen molar-refractivity contribution in [1.29, 1.82) is 0 Å². The average Bonchev–Trinajstić information content (AvgIpc) is 2.75. The van der Waals surface area contributed by atoms with E-state index in [1.54, 1.807) is 0 Å². The van der Waals surface area contributed by atoms with E-state index >= 15 is 0 Å². The lowest BCUT2D eigenvalue weighted by atomic mass is 10.2. The van der Waals surface area contributed by atoms with Gasteiger partial charge in [0.05, 0.1) is 6.42 Å². The molecule has 0 aliphatic rings. The molecule has 0 unspecified atom stereocenters. The highest BCUT2D eigenvalue weighted by Crippen LogP contribution is 2.15. The lowest BCUT2D eigenvalue weighted by Crippen LogP contribution is -2.03. The first-order valence-corrected chi connectivity index (χ1v) is 6.38. The zero-order valence-electron chi connectivity index (χ0n) is 9.14. The number of aromatic nitrogens is 1. The van der Waals surface area contributed by atoms with Crippen LogP contribution in [-0.2, 0) is 11.2 Å². The molecular weight excluding hydrogens is 329 g/mol. The summed E-state index contributed by atoms with van der Waals surface area (Å²) in [5.74, 6) is -0.764. The smallest absolute Gasteiger partial charge is 0.303 e. The molecule has 0 fully saturated rings. The van der Waals surface area contributed by atoms with E-state index in [4.69, 9.17) is 5.11 Å². The Morgan fingerprint density at radius 3 is 2.59 bits per heavy atom. The summed E-state index contributed by atoms with van der Waals surface area (Å²) in [6.45, 7) is 0. The van der Waals surface area contributed by atoms with E-state index in [-0.39, 0.29) is 6.42 Å². The van der Waals surface area contributed by atoms with Crippen molar-refractivity contribution in [3.8, 4) is 5.69 Å². The molecular formula is C13H12INO2. The summed E-state index contributed by atoms with van der Waals surface area (Å²) in [4.78, 5) is 10.6. The molecule has 0 atom stereocenters. The van der Waals surface area contributed by atoms with Gasteiger partial charge < -0.3 is 9.67 Å². The van der Waals surface area contributed by atoms with Crippen LogP contribution in [0.5, 0.6) is 0 Å². The number of nitrogens with zero attached hydrogens (tertiary/aromatic N) is 1. The summed E-state index contributed by atoms with van der Waals surface area (Å²) in [6.07, 6.45) is 2.67. The van der Waals surface area contributed by atoms with Crippen LogP contribution in [0.15, 0.2) is 42.6 Å². The van der Waals surface area contributed by atoms with Crippen molar-refractivity contribution in [3.63, 3.8) is 0 Å². The van der Waals surface area contributed by atoms with Gasteiger partial charge in [0.25, 0.3) is 0 Å². The van der Waals surface area contributed by atoms with E-state index in [0.717, 1.165) is 11.4 Å². The first-order chi connectivity index (χ1) is 8.16. The van der Waals surface area contributed by atoms with Gasteiger partial charge in [-0.2, -0.15) is 0 Å². The third kappa shape index (κ3) is 3.09. The molecule has 0 saturated heterocycles. The van der Waals surface area contributed by atoms with Crippen molar-refractivity contribution in [2.75, 3.05) is 0 Å². The maximum Gasteiger partial charge on any atom is 0.303 e. The van der Waals surface area contributed by atoms with Crippen LogP contribution in [0, 0.1) is 3.57 Å². The summed E-state index contributed by atoms with van der Waals surface area (Å²) in [5.41, 5.74) is 2.09. The van der Waals surface area contributed by atoms with E-state index in [1.807, 2.05) is 47.2 Å². The fourth-order valence-electron chi connectivity index (χ4n) is 1.71. The zero-order chi connectivity index (χ0) is 12.3. The van der Waals surface area contributed by atoms with Crippen molar-refractivity contribution in [1.82, 2.24) is 4.57 Å². The van der Waals surface area contributed by atoms with Gasteiger partial charge in [0.1, 0.15) is 0 Å². The van der Waals surface area contributed by atoms with E-state index in [0.29, 0.717) is 6.42 Å². The summed E-state index contributed by atoms with van der Waals surface area (Å²) in [6, 6.07) is 12.0. The SMILES string of the molecule is O=C(O)CCc1cccn1-c1ccc(I)cc1. The molecule has 2 rings (SSSR count). The molecule has 1 N–H and O–H groups in total. The summed E-state index contributed by atoms with van der Waals surface area (Å²) >= 11 is 2.26. The van der Waals surface area contributed by atoms with E-state index in [1.165, 1.54) is 3.57 Å². The third-order valence-corrected chi connectivity index (χ3v) is 3.25. The highest BCUT2D eigenvalue weighted by Gasteiger charge is 2.05. The molecule has 0 amide bonds. The van der Waals surface area contributed by atoms with Crippen LogP contribution < -0.4 is 0 Å². The van der Waals surface area contributed by atoms with Gasteiger partial charge in [0.2, 0.25) is 0 Å². The lowest BCUT2D eigenvalue weighted by Gasteiger charge is -2.08.